The number of carbonyl (C=O) groups is 3. The Hall–Kier alpha value is -4.21. The molecule has 0 unspecified atom stereocenters. The Labute approximate surface area is 208 Å². The molecule has 1 aromatic heterocycles. The van der Waals surface area contributed by atoms with Crippen LogP contribution in [0, 0.1) is 5.82 Å². The second-order valence-electron chi connectivity index (χ2n) is 8.74. The highest BCUT2D eigenvalue weighted by molar-refractivity contribution is 6.01. The molecule has 3 aromatic rings. The van der Waals surface area contributed by atoms with Crippen LogP contribution in [0.4, 0.5) is 4.39 Å². The minimum atomic E-state index is -1.24. The molecule has 1 aliphatic rings. The summed E-state index contributed by atoms with van der Waals surface area (Å²) in [6.45, 7) is 4.51. The molecule has 0 bridgehead atoms. The van der Waals surface area contributed by atoms with Crippen molar-refractivity contribution in [2.45, 2.75) is 39.0 Å². The van der Waals surface area contributed by atoms with Gasteiger partial charge >= 0.3 is 0 Å². The Morgan fingerprint density at radius 3 is 2.56 bits per heavy atom. The maximum Gasteiger partial charge on any atom is 0.272 e. The number of likely N-dealkylation sites (N-methyl/N-ethyl adjacent to an activating group) is 1. The first-order valence-electron chi connectivity index (χ1n) is 11.6. The van der Waals surface area contributed by atoms with E-state index in [0.717, 1.165) is 11.1 Å². The van der Waals surface area contributed by atoms with Crippen LogP contribution in [0.3, 0.4) is 0 Å². The fraction of sp³-hybridized carbons (Fsp3) is 0.308. The molecule has 3 amide bonds. The summed E-state index contributed by atoms with van der Waals surface area (Å²) in [5.74, 6) is -0.930. The van der Waals surface area contributed by atoms with E-state index in [4.69, 9.17) is 4.74 Å². The molecule has 0 saturated carbocycles. The van der Waals surface area contributed by atoms with Crippen molar-refractivity contribution in [2.24, 2.45) is 0 Å². The second-order valence-corrected chi connectivity index (χ2v) is 8.74. The molecular formula is C26H28FN5O4. The molecule has 36 heavy (non-hydrogen) atoms. The van der Waals surface area contributed by atoms with Crippen LogP contribution in [-0.4, -0.2) is 51.6 Å². The number of nitrogens with one attached hydrogen (secondary N) is 2. The van der Waals surface area contributed by atoms with Crippen molar-refractivity contribution >= 4 is 17.7 Å². The van der Waals surface area contributed by atoms with Gasteiger partial charge in [0.15, 0.2) is 5.69 Å². The summed E-state index contributed by atoms with van der Waals surface area (Å²) in [6.07, 6.45) is 0. The lowest BCUT2D eigenvalue weighted by molar-refractivity contribution is -0.132. The Bertz CT molecular complexity index is 1290. The van der Waals surface area contributed by atoms with E-state index >= 15 is 0 Å². The average Bonchev–Trinajstić information content (AvgIpc) is 3.30. The number of fused-ring (bicyclic) bond motifs is 1. The number of hydrogen-bond acceptors (Lipinski definition) is 5. The smallest absolute Gasteiger partial charge is 0.272 e. The van der Waals surface area contributed by atoms with E-state index < -0.39 is 17.4 Å². The van der Waals surface area contributed by atoms with E-state index in [9.17, 15) is 18.8 Å². The Morgan fingerprint density at radius 2 is 1.83 bits per heavy atom. The maximum absolute atomic E-state index is 13.1. The van der Waals surface area contributed by atoms with Crippen LogP contribution in [0.25, 0.3) is 0 Å². The molecular weight excluding hydrogens is 465 g/mol. The highest BCUT2D eigenvalue weighted by Gasteiger charge is 2.46. The van der Waals surface area contributed by atoms with Crippen LogP contribution in [0.2, 0.25) is 0 Å². The zero-order chi connectivity index (χ0) is 25.9. The monoisotopic (exact) mass is 493 g/mol. The van der Waals surface area contributed by atoms with E-state index in [1.54, 1.807) is 26.1 Å². The zero-order valence-corrected chi connectivity index (χ0v) is 20.4. The zero-order valence-electron chi connectivity index (χ0n) is 20.4. The van der Waals surface area contributed by atoms with E-state index in [2.05, 4.69) is 15.7 Å². The van der Waals surface area contributed by atoms with E-state index in [0.29, 0.717) is 12.4 Å². The van der Waals surface area contributed by atoms with E-state index in [-0.39, 0.29) is 42.7 Å². The van der Waals surface area contributed by atoms with Crippen molar-refractivity contribution in [3.05, 3.63) is 82.9 Å². The van der Waals surface area contributed by atoms with Crippen molar-refractivity contribution in [3.63, 3.8) is 0 Å². The van der Waals surface area contributed by atoms with Gasteiger partial charge in [-0.25, -0.2) is 4.39 Å². The van der Waals surface area contributed by atoms with Crippen molar-refractivity contribution in [3.8, 4) is 5.75 Å². The first kappa shape index (κ1) is 24.9. The summed E-state index contributed by atoms with van der Waals surface area (Å²) in [5.41, 5.74) is 0.610. The number of amides is 3. The average molecular weight is 494 g/mol. The number of para-hydroxylation sites is 1. The summed E-state index contributed by atoms with van der Waals surface area (Å²) >= 11 is 0. The molecule has 10 heteroatoms. The first-order valence-corrected chi connectivity index (χ1v) is 11.6. The molecule has 4 rings (SSSR count). The van der Waals surface area contributed by atoms with Gasteiger partial charge in [-0.1, -0.05) is 30.3 Å². The Balaban J connectivity index is 1.46. The summed E-state index contributed by atoms with van der Waals surface area (Å²) < 4.78 is 20.1. The van der Waals surface area contributed by atoms with E-state index in [1.807, 2.05) is 31.2 Å². The molecule has 0 fully saturated rings. The molecule has 0 spiro atoms. The van der Waals surface area contributed by atoms with Gasteiger partial charge in [0.05, 0.1) is 13.2 Å². The fourth-order valence-corrected chi connectivity index (χ4v) is 4.03. The van der Waals surface area contributed by atoms with Crippen LogP contribution in [0.15, 0.2) is 54.6 Å². The SMILES string of the molecule is CCOc1ccccc1CNC(=O)c1cc2n(n1)C[C@](C)(C(=O)NCc1ccc(F)cc1)N(C)C2=O. The van der Waals surface area contributed by atoms with Gasteiger partial charge in [0, 0.05) is 31.8 Å². The predicted molar refractivity (Wildman–Crippen MR) is 130 cm³/mol. The van der Waals surface area contributed by atoms with Crippen LogP contribution in [0.1, 0.15) is 46.0 Å². The van der Waals surface area contributed by atoms with Gasteiger partial charge in [0.1, 0.15) is 22.8 Å². The second kappa shape index (κ2) is 10.2. The van der Waals surface area contributed by atoms with Crippen molar-refractivity contribution < 1.29 is 23.5 Å². The van der Waals surface area contributed by atoms with Crippen LogP contribution in [0.5, 0.6) is 5.75 Å². The van der Waals surface area contributed by atoms with Crippen molar-refractivity contribution in [2.75, 3.05) is 13.7 Å². The third-order valence-corrected chi connectivity index (χ3v) is 6.30. The largest absolute Gasteiger partial charge is 0.494 e. The molecule has 9 nitrogen and oxygen atoms in total. The third kappa shape index (κ3) is 4.93. The molecule has 0 saturated heterocycles. The molecule has 2 heterocycles. The minimum absolute atomic E-state index is 0.0697. The molecule has 2 aromatic carbocycles. The van der Waals surface area contributed by atoms with E-state index in [1.165, 1.54) is 27.8 Å². The predicted octanol–water partition coefficient (Wildman–Crippen LogP) is 2.51. The van der Waals surface area contributed by atoms with Crippen molar-refractivity contribution in [1.82, 2.24) is 25.3 Å². The van der Waals surface area contributed by atoms with Crippen molar-refractivity contribution in [1.29, 1.82) is 0 Å². The fourth-order valence-electron chi connectivity index (χ4n) is 4.03. The van der Waals surface area contributed by atoms with Crippen LogP contribution < -0.4 is 15.4 Å². The number of rotatable bonds is 8. The van der Waals surface area contributed by atoms with Gasteiger partial charge in [0.25, 0.3) is 11.8 Å². The molecule has 1 atom stereocenters. The summed E-state index contributed by atoms with van der Waals surface area (Å²) in [5, 5.41) is 9.93. The Morgan fingerprint density at radius 1 is 1.11 bits per heavy atom. The topological polar surface area (TPSA) is 106 Å². The number of nitrogens with zero attached hydrogens (tertiary/aromatic N) is 3. The van der Waals surface area contributed by atoms with Gasteiger partial charge in [-0.05, 0) is 37.6 Å². The maximum atomic E-state index is 13.1. The van der Waals surface area contributed by atoms with Gasteiger partial charge in [-0.3, -0.25) is 19.1 Å². The van der Waals surface area contributed by atoms with Crippen LogP contribution in [-0.2, 0) is 24.4 Å². The third-order valence-electron chi connectivity index (χ3n) is 6.30. The highest BCUT2D eigenvalue weighted by Crippen LogP contribution is 2.26. The number of carbonyl (C=O) groups excluding carboxylic acids is 3. The quantitative estimate of drug-likeness (QED) is 0.502. The molecule has 188 valence electrons. The number of ether oxygens (including phenoxy) is 1. The van der Waals surface area contributed by atoms with Gasteiger partial charge in [0.2, 0.25) is 5.91 Å². The lowest BCUT2D eigenvalue weighted by Crippen LogP contribution is -2.62. The van der Waals surface area contributed by atoms with Gasteiger partial charge in [-0.2, -0.15) is 5.10 Å². The standard InChI is InChI=1S/C26H28FN5O4/c1-4-36-22-8-6-5-7-18(22)15-28-23(33)20-13-21-24(34)31(3)26(2,16-32(21)30-20)25(35)29-14-17-9-11-19(27)12-10-17/h5-13H,4,14-16H2,1-3H3,(H,28,33)(H,29,35)/t26-/m1/s1. The summed E-state index contributed by atoms with van der Waals surface area (Å²) in [4.78, 5) is 40.3. The van der Waals surface area contributed by atoms with Gasteiger partial charge < -0.3 is 20.3 Å². The number of halogens is 1. The first-order chi connectivity index (χ1) is 17.2. The molecule has 0 aliphatic carbocycles. The Kier molecular flexibility index (Phi) is 7.05. The lowest BCUT2D eigenvalue weighted by atomic mass is 9.96. The highest BCUT2D eigenvalue weighted by atomic mass is 19.1. The summed E-state index contributed by atoms with van der Waals surface area (Å²) in [7, 11) is 1.54. The molecule has 0 radical (unpaired) electrons. The number of benzene rings is 2. The van der Waals surface area contributed by atoms with Gasteiger partial charge in [-0.15, -0.1) is 0 Å². The number of aromatic nitrogens is 2. The van der Waals surface area contributed by atoms with Crippen LogP contribution >= 0.6 is 0 Å². The lowest BCUT2D eigenvalue weighted by Gasteiger charge is -2.40. The number of hydrogen-bond donors (Lipinski definition) is 2. The molecule has 1 aliphatic heterocycles. The minimum Gasteiger partial charge on any atom is -0.494 e. The summed E-state index contributed by atoms with van der Waals surface area (Å²) in [6, 6.07) is 14.6. The normalized spacial score (nSPS) is 16.9. The molecule has 2 N–H and O–H groups in total.